The van der Waals surface area contributed by atoms with Gasteiger partial charge in [-0.25, -0.2) is 4.39 Å². The van der Waals surface area contributed by atoms with E-state index in [1.54, 1.807) is 18.2 Å². The van der Waals surface area contributed by atoms with Crippen LogP contribution >= 0.6 is 11.6 Å². The number of anilines is 1. The lowest BCUT2D eigenvalue weighted by molar-refractivity contribution is -0.127. The Hall–Kier alpha value is -1.88. The number of likely N-dealkylation sites (tertiary alicyclic amines) is 1. The molecule has 2 aromatic rings. The van der Waals surface area contributed by atoms with Crippen molar-refractivity contribution < 1.29 is 9.18 Å². The van der Waals surface area contributed by atoms with Crippen LogP contribution in [-0.2, 0) is 4.79 Å². The van der Waals surface area contributed by atoms with Crippen LogP contribution in [0.15, 0.2) is 24.4 Å². The number of benzene rings is 1. The maximum absolute atomic E-state index is 14.6. The van der Waals surface area contributed by atoms with Gasteiger partial charge in [-0.2, -0.15) is 0 Å². The standard InChI is InChI=1S/C16H17ClFN3O/c1-20(9-10-21-8-2-3-14(21)22)13-5-4-11-12(17)6-7-19-16(11)15(13)18/h4-7H,2-3,8-10H2,1H3. The highest BCUT2D eigenvalue weighted by Crippen LogP contribution is 2.29. The molecule has 0 unspecified atom stereocenters. The van der Waals surface area contributed by atoms with Gasteiger partial charge in [0.1, 0.15) is 5.52 Å². The van der Waals surface area contributed by atoms with Gasteiger partial charge in [0.15, 0.2) is 5.82 Å². The van der Waals surface area contributed by atoms with E-state index in [0.717, 1.165) is 13.0 Å². The van der Waals surface area contributed by atoms with Crippen LogP contribution < -0.4 is 4.90 Å². The van der Waals surface area contributed by atoms with Gasteiger partial charge in [0, 0.05) is 44.7 Å². The minimum absolute atomic E-state index is 0.181. The normalized spacial score (nSPS) is 14.9. The number of nitrogens with zero attached hydrogens (tertiary/aromatic N) is 3. The van der Waals surface area contributed by atoms with Crippen molar-refractivity contribution in [2.45, 2.75) is 12.8 Å². The Kier molecular flexibility index (Phi) is 4.16. The zero-order valence-corrected chi connectivity index (χ0v) is 13.1. The van der Waals surface area contributed by atoms with E-state index < -0.39 is 0 Å². The van der Waals surface area contributed by atoms with Crippen LogP contribution in [0.3, 0.4) is 0 Å². The summed E-state index contributed by atoms with van der Waals surface area (Å²) in [5, 5.41) is 1.09. The number of fused-ring (bicyclic) bond motifs is 1. The number of hydrogen-bond acceptors (Lipinski definition) is 3. The second-order valence-corrected chi connectivity index (χ2v) is 5.90. The first-order chi connectivity index (χ1) is 10.6. The van der Waals surface area contributed by atoms with Crippen molar-refractivity contribution in [2.75, 3.05) is 31.6 Å². The monoisotopic (exact) mass is 321 g/mol. The molecule has 6 heteroatoms. The molecule has 0 atom stereocenters. The van der Waals surface area contributed by atoms with Gasteiger partial charge in [-0.1, -0.05) is 11.6 Å². The Balaban J connectivity index is 1.80. The molecule has 1 saturated heterocycles. The number of likely N-dealkylation sites (N-methyl/N-ethyl adjacent to an activating group) is 1. The summed E-state index contributed by atoms with van der Waals surface area (Å²) in [7, 11) is 1.81. The second kappa shape index (κ2) is 6.08. The van der Waals surface area contributed by atoms with Gasteiger partial charge in [0.05, 0.1) is 10.7 Å². The summed E-state index contributed by atoms with van der Waals surface area (Å²) in [6.45, 7) is 1.98. The first kappa shape index (κ1) is 15.0. The third-order valence-corrected chi connectivity index (χ3v) is 4.40. The predicted octanol–water partition coefficient (Wildman–Crippen LogP) is 3.09. The second-order valence-electron chi connectivity index (χ2n) is 5.49. The number of carbonyl (C=O) groups is 1. The number of carbonyl (C=O) groups excluding carboxylic acids is 1. The van der Waals surface area contributed by atoms with Crippen molar-refractivity contribution in [3.05, 3.63) is 35.2 Å². The first-order valence-corrected chi connectivity index (χ1v) is 7.67. The summed E-state index contributed by atoms with van der Waals surface area (Å²) in [5.74, 6) is -0.198. The molecule has 0 radical (unpaired) electrons. The lowest BCUT2D eigenvalue weighted by Crippen LogP contribution is -2.34. The number of amides is 1. The topological polar surface area (TPSA) is 36.4 Å². The Bertz CT molecular complexity index is 722. The fourth-order valence-electron chi connectivity index (χ4n) is 2.77. The van der Waals surface area contributed by atoms with E-state index in [1.165, 1.54) is 6.20 Å². The fourth-order valence-corrected chi connectivity index (χ4v) is 2.98. The fraction of sp³-hybridized carbons (Fsp3) is 0.375. The highest BCUT2D eigenvalue weighted by molar-refractivity contribution is 6.35. The summed E-state index contributed by atoms with van der Waals surface area (Å²) in [6.07, 6.45) is 3.03. The van der Waals surface area contributed by atoms with Gasteiger partial charge in [-0.05, 0) is 24.6 Å². The maximum Gasteiger partial charge on any atom is 0.222 e. The molecule has 3 rings (SSSR count). The first-order valence-electron chi connectivity index (χ1n) is 7.29. The average molecular weight is 322 g/mol. The molecule has 22 heavy (non-hydrogen) atoms. The highest BCUT2D eigenvalue weighted by atomic mass is 35.5. The maximum atomic E-state index is 14.6. The molecule has 0 saturated carbocycles. The molecule has 4 nitrogen and oxygen atoms in total. The Morgan fingerprint density at radius 2 is 2.23 bits per heavy atom. The molecule has 0 bridgehead atoms. The molecule has 1 aromatic carbocycles. The van der Waals surface area contributed by atoms with Crippen LogP contribution in [0.2, 0.25) is 5.02 Å². The van der Waals surface area contributed by atoms with Crippen LogP contribution in [0.5, 0.6) is 0 Å². The quantitative estimate of drug-likeness (QED) is 0.868. The van der Waals surface area contributed by atoms with Gasteiger partial charge in [0.25, 0.3) is 0 Å². The third-order valence-electron chi connectivity index (χ3n) is 4.07. The number of hydrogen-bond donors (Lipinski definition) is 0. The Morgan fingerprint density at radius 3 is 2.95 bits per heavy atom. The van der Waals surface area contributed by atoms with E-state index in [-0.39, 0.29) is 17.2 Å². The predicted molar refractivity (Wildman–Crippen MR) is 85.8 cm³/mol. The van der Waals surface area contributed by atoms with Crippen LogP contribution in [0.1, 0.15) is 12.8 Å². The van der Waals surface area contributed by atoms with Crippen molar-refractivity contribution in [1.82, 2.24) is 9.88 Å². The van der Waals surface area contributed by atoms with E-state index in [4.69, 9.17) is 11.6 Å². The molecule has 1 fully saturated rings. The Morgan fingerprint density at radius 1 is 1.41 bits per heavy atom. The summed E-state index contributed by atoms with van der Waals surface area (Å²) < 4.78 is 14.6. The summed E-state index contributed by atoms with van der Waals surface area (Å²) in [6, 6.07) is 5.13. The lowest BCUT2D eigenvalue weighted by Gasteiger charge is -2.24. The molecule has 1 aromatic heterocycles. The summed E-state index contributed by atoms with van der Waals surface area (Å²) in [5.41, 5.74) is 0.739. The third kappa shape index (κ3) is 2.73. The molecule has 2 heterocycles. The number of pyridine rings is 1. The van der Waals surface area contributed by atoms with E-state index in [1.807, 2.05) is 16.8 Å². The molecular weight excluding hydrogens is 305 g/mol. The highest BCUT2D eigenvalue weighted by Gasteiger charge is 2.21. The van der Waals surface area contributed by atoms with E-state index >= 15 is 0 Å². The van der Waals surface area contributed by atoms with E-state index in [0.29, 0.717) is 35.6 Å². The van der Waals surface area contributed by atoms with Gasteiger partial charge in [-0.15, -0.1) is 0 Å². The van der Waals surface area contributed by atoms with Gasteiger partial charge >= 0.3 is 0 Å². The Labute approximate surface area is 133 Å². The van der Waals surface area contributed by atoms with E-state index in [2.05, 4.69) is 4.98 Å². The lowest BCUT2D eigenvalue weighted by atomic mass is 10.1. The average Bonchev–Trinajstić information content (AvgIpc) is 2.91. The van der Waals surface area contributed by atoms with Crippen LogP contribution in [0.4, 0.5) is 10.1 Å². The number of halogens is 2. The number of rotatable bonds is 4. The van der Waals surface area contributed by atoms with Gasteiger partial charge in [0.2, 0.25) is 5.91 Å². The zero-order chi connectivity index (χ0) is 15.7. The summed E-state index contributed by atoms with van der Waals surface area (Å²) >= 11 is 6.06. The molecule has 1 aliphatic rings. The van der Waals surface area contributed by atoms with Crippen LogP contribution in [0.25, 0.3) is 10.9 Å². The number of aromatic nitrogens is 1. The molecule has 0 aliphatic carbocycles. The van der Waals surface area contributed by atoms with Crippen molar-refractivity contribution in [3.63, 3.8) is 0 Å². The molecule has 0 spiro atoms. The van der Waals surface area contributed by atoms with Gasteiger partial charge in [-0.3, -0.25) is 9.78 Å². The molecular formula is C16H17ClFN3O. The minimum Gasteiger partial charge on any atom is -0.370 e. The SMILES string of the molecule is CN(CCN1CCCC1=O)c1ccc2c(Cl)ccnc2c1F. The largest absolute Gasteiger partial charge is 0.370 e. The van der Waals surface area contributed by atoms with Crippen LogP contribution in [-0.4, -0.2) is 42.5 Å². The zero-order valence-electron chi connectivity index (χ0n) is 12.4. The smallest absolute Gasteiger partial charge is 0.222 e. The van der Waals surface area contributed by atoms with E-state index in [9.17, 15) is 9.18 Å². The van der Waals surface area contributed by atoms with Crippen LogP contribution in [0, 0.1) is 5.82 Å². The molecule has 0 N–H and O–H groups in total. The van der Waals surface area contributed by atoms with Gasteiger partial charge < -0.3 is 9.80 Å². The molecule has 1 amide bonds. The van der Waals surface area contributed by atoms with Crippen molar-refractivity contribution in [2.24, 2.45) is 0 Å². The summed E-state index contributed by atoms with van der Waals surface area (Å²) in [4.78, 5) is 19.3. The molecule has 1 aliphatic heterocycles. The minimum atomic E-state index is -0.379. The van der Waals surface area contributed by atoms with Crippen molar-refractivity contribution in [1.29, 1.82) is 0 Å². The molecule has 116 valence electrons. The van der Waals surface area contributed by atoms with Crippen molar-refractivity contribution >= 4 is 34.1 Å². The van der Waals surface area contributed by atoms with Crippen molar-refractivity contribution in [3.8, 4) is 0 Å².